The number of halogens is 1. The Kier molecular flexibility index (Phi) is 7.88. The number of urea groups is 1. The monoisotopic (exact) mass is 458 g/mol. The number of benzene rings is 2. The van der Waals surface area contributed by atoms with Crippen molar-refractivity contribution in [1.29, 1.82) is 0 Å². The normalized spacial score (nSPS) is 19.2. The van der Waals surface area contributed by atoms with Gasteiger partial charge in [0.25, 0.3) is 5.91 Å². The van der Waals surface area contributed by atoms with Crippen molar-refractivity contribution in [2.75, 3.05) is 44.4 Å². The quantitative estimate of drug-likeness (QED) is 0.618. The Bertz CT molecular complexity index is 983. The number of ether oxygens (including phenoxy) is 1. The molecular formula is C24H31FN4O4. The molecule has 0 saturated carbocycles. The highest BCUT2D eigenvalue weighted by Gasteiger charge is 2.33. The maximum absolute atomic E-state index is 13.4. The molecule has 0 aliphatic carbocycles. The van der Waals surface area contributed by atoms with Crippen molar-refractivity contribution < 1.29 is 23.8 Å². The second-order valence-electron chi connectivity index (χ2n) is 8.68. The fourth-order valence-electron chi connectivity index (χ4n) is 3.70. The van der Waals surface area contributed by atoms with Crippen LogP contribution in [-0.4, -0.2) is 72.8 Å². The highest BCUT2D eigenvalue weighted by molar-refractivity contribution is 6.02. The molecule has 2 aromatic rings. The van der Waals surface area contributed by atoms with E-state index in [1.54, 1.807) is 30.0 Å². The summed E-state index contributed by atoms with van der Waals surface area (Å²) >= 11 is 0. The summed E-state index contributed by atoms with van der Waals surface area (Å²) in [5, 5.41) is 15.0. The Balaban J connectivity index is 1.87. The summed E-state index contributed by atoms with van der Waals surface area (Å²) in [6.07, 6.45) is -0.166. The number of nitrogens with zero attached hydrogens (tertiary/aromatic N) is 2. The number of hydrogen-bond donors (Lipinski definition) is 3. The van der Waals surface area contributed by atoms with E-state index in [1.165, 1.54) is 24.3 Å². The Labute approximate surface area is 193 Å². The van der Waals surface area contributed by atoms with E-state index in [2.05, 4.69) is 10.6 Å². The molecule has 0 spiro atoms. The van der Waals surface area contributed by atoms with Gasteiger partial charge in [-0.25, -0.2) is 9.18 Å². The van der Waals surface area contributed by atoms with Gasteiger partial charge in [0, 0.05) is 30.4 Å². The summed E-state index contributed by atoms with van der Waals surface area (Å²) in [6.45, 7) is 4.76. The van der Waals surface area contributed by atoms with Gasteiger partial charge < -0.3 is 30.3 Å². The Hall–Kier alpha value is -3.17. The van der Waals surface area contributed by atoms with Crippen LogP contribution in [0.5, 0.6) is 5.75 Å². The van der Waals surface area contributed by atoms with Crippen LogP contribution in [0.1, 0.15) is 24.2 Å². The van der Waals surface area contributed by atoms with Gasteiger partial charge in [0.15, 0.2) is 0 Å². The van der Waals surface area contributed by atoms with Gasteiger partial charge in [-0.3, -0.25) is 4.79 Å². The van der Waals surface area contributed by atoms with Crippen molar-refractivity contribution in [3.8, 4) is 5.75 Å². The van der Waals surface area contributed by atoms with Gasteiger partial charge in [-0.1, -0.05) is 6.92 Å². The number of fused-ring (bicyclic) bond motifs is 1. The number of carbonyl (C=O) groups is 2. The first kappa shape index (κ1) is 24.5. The number of aliphatic hydroxyl groups excluding tert-OH is 1. The van der Waals surface area contributed by atoms with Gasteiger partial charge in [0.2, 0.25) is 0 Å². The number of aliphatic hydroxyl groups is 1. The van der Waals surface area contributed by atoms with Crippen molar-refractivity contribution in [2.45, 2.75) is 26.0 Å². The first-order valence-corrected chi connectivity index (χ1v) is 10.9. The van der Waals surface area contributed by atoms with E-state index >= 15 is 0 Å². The first-order valence-electron chi connectivity index (χ1n) is 10.9. The lowest BCUT2D eigenvalue weighted by Crippen LogP contribution is -2.49. The molecule has 1 aliphatic heterocycles. The van der Waals surface area contributed by atoms with Crippen LogP contribution in [0, 0.1) is 11.7 Å². The number of carbonyl (C=O) groups excluding carboxylic acids is 2. The summed E-state index contributed by atoms with van der Waals surface area (Å²) in [7, 11) is 3.92. The maximum Gasteiger partial charge on any atom is 0.323 e. The smallest absolute Gasteiger partial charge is 0.323 e. The number of likely N-dealkylation sites (N-methyl/N-ethyl adjacent to an activating group) is 1. The van der Waals surface area contributed by atoms with E-state index in [0.717, 1.165) is 0 Å². The summed E-state index contributed by atoms with van der Waals surface area (Å²) in [6, 6.07) is 9.41. The summed E-state index contributed by atoms with van der Waals surface area (Å²) in [5.74, 6) is -0.204. The molecule has 8 nitrogen and oxygen atoms in total. The van der Waals surface area contributed by atoms with E-state index in [0.29, 0.717) is 35.8 Å². The van der Waals surface area contributed by atoms with E-state index in [-0.39, 0.29) is 30.6 Å². The molecule has 0 unspecified atom stereocenters. The molecule has 0 aromatic heterocycles. The number of anilines is 2. The summed E-state index contributed by atoms with van der Waals surface area (Å²) in [4.78, 5) is 29.5. The molecule has 3 atom stereocenters. The molecule has 0 saturated heterocycles. The Morgan fingerprint density at radius 2 is 1.85 bits per heavy atom. The van der Waals surface area contributed by atoms with Gasteiger partial charge in [0.1, 0.15) is 17.7 Å². The zero-order valence-electron chi connectivity index (χ0n) is 19.3. The van der Waals surface area contributed by atoms with Crippen molar-refractivity contribution in [3.05, 3.63) is 53.8 Å². The van der Waals surface area contributed by atoms with E-state index < -0.39 is 11.8 Å². The number of amides is 3. The third-order valence-electron chi connectivity index (χ3n) is 5.57. The van der Waals surface area contributed by atoms with Crippen LogP contribution in [-0.2, 0) is 0 Å². The minimum Gasteiger partial charge on any atom is -0.488 e. The molecule has 0 fully saturated rings. The molecule has 1 aliphatic rings. The van der Waals surface area contributed by atoms with Crippen molar-refractivity contribution >= 4 is 23.3 Å². The van der Waals surface area contributed by atoms with Gasteiger partial charge in [0.05, 0.1) is 18.2 Å². The molecule has 33 heavy (non-hydrogen) atoms. The molecule has 3 amide bonds. The topological polar surface area (TPSA) is 94.1 Å². The number of hydrogen-bond acceptors (Lipinski definition) is 5. The van der Waals surface area contributed by atoms with Crippen LogP contribution in [0.15, 0.2) is 42.5 Å². The lowest BCUT2D eigenvalue weighted by molar-refractivity contribution is 0.0363. The average Bonchev–Trinajstić information content (AvgIpc) is 2.77. The summed E-state index contributed by atoms with van der Waals surface area (Å²) in [5.41, 5.74) is 1.15. The second-order valence-corrected chi connectivity index (χ2v) is 8.68. The largest absolute Gasteiger partial charge is 0.488 e. The molecule has 3 N–H and O–H groups in total. The molecule has 2 aromatic carbocycles. The molecule has 1 heterocycles. The highest BCUT2D eigenvalue weighted by atomic mass is 19.1. The first-order chi connectivity index (χ1) is 15.7. The van der Waals surface area contributed by atoms with Crippen LogP contribution >= 0.6 is 0 Å². The summed E-state index contributed by atoms with van der Waals surface area (Å²) < 4.78 is 19.3. The second kappa shape index (κ2) is 10.6. The third kappa shape index (κ3) is 6.21. The highest BCUT2D eigenvalue weighted by Crippen LogP contribution is 2.30. The molecule has 3 rings (SSSR count). The van der Waals surface area contributed by atoms with Gasteiger partial charge in [-0.05, 0) is 63.5 Å². The zero-order valence-corrected chi connectivity index (χ0v) is 19.3. The maximum atomic E-state index is 13.4. The number of rotatable bonds is 6. The van der Waals surface area contributed by atoms with Crippen molar-refractivity contribution in [1.82, 2.24) is 9.80 Å². The number of nitrogens with one attached hydrogen (secondary N) is 2. The van der Waals surface area contributed by atoms with Gasteiger partial charge in [-0.2, -0.15) is 0 Å². The minimum atomic E-state index is -0.527. The zero-order chi connectivity index (χ0) is 24.1. The van der Waals surface area contributed by atoms with Crippen LogP contribution < -0.4 is 15.4 Å². The molecule has 0 bridgehead atoms. The fourth-order valence-corrected chi connectivity index (χ4v) is 3.70. The van der Waals surface area contributed by atoms with Crippen LogP contribution in [0.2, 0.25) is 0 Å². The van der Waals surface area contributed by atoms with Crippen molar-refractivity contribution in [3.63, 3.8) is 0 Å². The Morgan fingerprint density at radius 3 is 2.48 bits per heavy atom. The lowest BCUT2D eigenvalue weighted by atomic mass is 9.99. The van der Waals surface area contributed by atoms with E-state index in [1.807, 2.05) is 25.9 Å². The average molecular weight is 459 g/mol. The van der Waals surface area contributed by atoms with Crippen LogP contribution in [0.4, 0.5) is 20.6 Å². The lowest BCUT2D eigenvalue weighted by Gasteiger charge is -2.37. The van der Waals surface area contributed by atoms with Crippen molar-refractivity contribution in [2.24, 2.45) is 5.92 Å². The Morgan fingerprint density at radius 1 is 1.21 bits per heavy atom. The fraction of sp³-hybridized carbons (Fsp3) is 0.417. The standard InChI is InChI=1S/C24H31FN4O4/c1-15-12-29(16(2)14-30)23(31)20-11-19(9-10-21(20)33-22(15)13-28(3)4)27-24(32)26-18-7-5-17(25)6-8-18/h5-11,15-16,22,30H,12-14H2,1-4H3,(H2,26,27,32)/t15-,16-,22+/m0/s1. The third-order valence-corrected chi connectivity index (χ3v) is 5.57. The SMILES string of the molecule is C[C@H]1CN([C@@H](C)CO)C(=O)c2cc(NC(=O)Nc3ccc(F)cc3)ccc2O[C@@H]1CN(C)C. The van der Waals surface area contributed by atoms with Crippen LogP contribution in [0.25, 0.3) is 0 Å². The van der Waals surface area contributed by atoms with Gasteiger partial charge in [-0.15, -0.1) is 0 Å². The molecule has 9 heteroatoms. The minimum absolute atomic E-state index is 0.0396. The molecule has 178 valence electrons. The van der Waals surface area contributed by atoms with E-state index in [4.69, 9.17) is 4.74 Å². The molecule has 0 radical (unpaired) electrons. The van der Waals surface area contributed by atoms with Gasteiger partial charge >= 0.3 is 6.03 Å². The predicted molar refractivity (Wildman–Crippen MR) is 125 cm³/mol. The van der Waals surface area contributed by atoms with Crippen LogP contribution in [0.3, 0.4) is 0 Å². The predicted octanol–water partition coefficient (Wildman–Crippen LogP) is 3.25. The van der Waals surface area contributed by atoms with E-state index in [9.17, 15) is 19.1 Å². The molecular weight excluding hydrogens is 427 g/mol.